The second kappa shape index (κ2) is 7.49. The van der Waals surface area contributed by atoms with Gasteiger partial charge >= 0.3 is 0 Å². The van der Waals surface area contributed by atoms with Gasteiger partial charge in [0.25, 0.3) is 5.91 Å². The Bertz CT molecular complexity index is 365. The molecule has 0 N–H and O–H groups in total. The molecule has 1 rings (SSSR count). The quantitative estimate of drug-likeness (QED) is 0.724. The summed E-state index contributed by atoms with van der Waals surface area (Å²) in [4.78, 5) is 14.2. The highest BCUT2D eigenvalue weighted by Crippen LogP contribution is 2.18. The molecule has 0 aliphatic carbocycles. The van der Waals surface area contributed by atoms with Crippen molar-refractivity contribution in [1.82, 2.24) is 4.90 Å². The molecule has 0 heterocycles. The molecule has 0 radical (unpaired) electrons. The van der Waals surface area contributed by atoms with Crippen molar-refractivity contribution in [3.8, 4) is 0 Å². The molecule has 0 saturated heterocycles. The molecular weight excluding hydrogens is 278 g/mol. The minimum Gasteiger partial charge on any atom is -0.339 e. The van der Waals surface area contributed by atoms with Crippen molar-refractivity contribution in [2.45, 2.75) is 33.1 Å². The van der Waals surface area contributed by atoms with E-state index in [1.165, 1.54) is 12.8 Å². The van der Waals surface area contributed by atoms with Gasteiger partial charge in [0.2, 0.25) is 0 Å². The van der Waals surface area contributed by atoms with E-state index >= 15 is 0 Å². The van der Waals surface area contributed by atoms with Crippen LogP contribution in [0, 0.1) is 0 Å². The van der Waals surface area contributed by atoms with E-state index < -0.39 is 0 Å². The Kier molecular flexibility index (Phi) is 6.27. The second-order valence-electron chi connectivity index (χ2n) is 4.07. The molecule has 0 aromatic heterocycles. The summed E-state index contributed by atoms with van der Waals surface area (Å²) in [7, 11) is 0. The van der Waals surface area contributed by atoms with Crippen molar-refractivity contribution in [3.63, 3.8) is 0 Å². The Morgan fingerprint density at radius 2 is 1.94 bits per heavy atom. The lowest BCUT2D eigenvalue weighted by Crippen LogP contribution is -2.32. The molecule has 0 aliphatic rings. The number of amides is 1. The molecule has 1 aromatic rings. The van der Waals surface area contributed by atoms with Gasteiger partial charge in [-0.1, -0.05) is 31.9 Å². The van der Waals surface area contributed by atoms with Gasteiger partial charge in [-0.05, 0) is 41.4 Å². The Morgan fingerprint density at radius 1 is 1.24 bits per heavy atom. The molecule has 1 amide bonds. The molecule has 0 spiro atoms. The van der Waals surface area contributed by atoms with Crippen LogP contribution in [-0.2, 0) is 0 Å². The smallest absolute Gasteiger partial charge is 0.254 e. The van der Waals surface area contributed by atoms with Crippen molar-refractivity contribution >= 4 is 21.8 Å². The third-order valence-corrected chi connectivity index (χ3v) is 3.50. The lowest BCUT2D eigenvalue weighted by atomic mass is 10.2. The zero-order chi connectivity index (χ0) is 12.7. The number of hydrogen-bond acceptors (Lipinski definition) is 1. The van der Waals surface area contributed by atoms with Gasteiger partial charge in [-0.3, -0.25) is 4.79 Å². The van der Waals surface area contributed by atoms with Gasteiger partial charge in [-0.25, -0.2) is 0 Å². The van der Waals surface area contributed by atoms with E-state index in [-0.39, 0.29) is 5.91 Å². The first kappa shape index (κ1) is 14.2. The summed E-state index contributed by atoms with van der Waals surface area (Å²) >= 11 is 3.43. The van der Waals surface area contributed by atoms with Gasteiger partial charge in [-0.15, -0.1) is 0 Å². The van der Waals surface area contributed by atoms with E-state index in [1.54, 1.807) is 0 Å². The van der Waals surface area contributed by atoms with E-state index in [4.69, 9.17) is 0 Å². The van der Waals surface area contributed by atoms with Crippen molar-refractivity contribution < 1.29 is 4.79 Å². The number of rotatable bonds is 6. The molecule has 2 nitrogen and oxygen atoms in total. The fourth-order valence-corrected chi connectivity index (χ4v) is 2.22. The van der Waals surface area contributed by atoms with Gasteiger partial charge in [0.1, 0.15) is 0 Å². The number of carbonyl (C=O) groups excluding carboxylic acids is 1. The maximum Gasteiger partial charge on any atom is 0.254 e. The van der Waals surface area contributed by atoms with Crippen molar-refractivity contribution in [1.29, 1.82) is 0 Å². The topological polar surface area (TPSA) is 20.3 Å². The third kappa shape index (κ3) is 4.15. The van der Waals surface area contributed by atoms with E-state index in [0.29, 0.717) is 0 Å². The van der Waals surface area contributed by atoms with Crippen LogP contribution in [-0.4, -0.2) is 23.9 Å². The zero-order valence-electron chi connectivity index (χ0n) is 10.6. The Morgan fingerprint density at radius 3 is 2.53 bits per heavy atom. The molecule has 94 valence electrons. The molecule has 1 aromatic carbocycles. The number of unbranched alkanes of at least 4 members (excludes halogenated alkanes) is 2. The van der Waals surface area contributed by atoms with E-state index in [0.717, 1.165) is 29.5 Å². The minimum atomic E-state index is 0.121. The number of benzene rings is 1. The minimum absolute atomic E-state index is 0.121. The molecule has 0 unspecified atom stereocenters. The zero-order valence-corrected chi connectivity index (χ0v) is 12.2. The highest BCUT2D eigenvalue weighted by atomic mass is 79.9. The van der Waals surface area contributed by atoms with Crippen LogP contribution in [0.4, 0.5) is 0 Å². The molecule has 0 aliphatic heterocycles. The first-order valence-electron chi connectivity index (χ1n) is 6.24. The lowest BCUT2D eigenvalue weighted by Gasteiger charge is -2.21. The van der Waals surface area contributed by atoms with E-state index in [9.17, 15) is 4.79 Å². The molecule has 0 saturated carbocycles. The molecule has 0 atom stereocenters. The van der Waals surface area contributed by atoms with Crippen LogP contribution in [0.15, 0.2) is 28.7 Å². The average molecular weight is 298 g/mol. The predicted molar refractivity (Wildman–Crippen MR) is 75.2 cm³/mol. The van der Waals surface area contributed by atoms with Gasteiger partial charge in [0.15, 0.2) is 0 Å². The number of nitrogens with zero attached hydrogens (tertiary/aromatic N) is 1. The molecule has 0 bridgehead atoms. The normalized spacial score (nSPS) is 10.3. The largest absolute Gasteiger partial charge is 0.339 e. The second-order valence-corrected chi connectivity index (χ2v) is 4.93. The van der Waals surface area contributed by atoms with Crippen LogP contribution in [0.2, 0.25) is 0 Å². The highest BCUT2D eigenvalue weighted by Gasteiger charge is 2.15. The number of hydrogen-bond donors (Lipinski definition) is 0. The Balaban J connectivity index is 2.69. The summed E-state index contributed by atoms with van der Waals surface area (Å²) in [5, 5.41) is 0. The van der Waals surface area contributed by atoms with Crippen LogP contribution in [0.3, 0.4) is 0 Å². The summed E-state index contributed by atoms with van der Waals surface area (Å²) in [6, 6.07) is 7.61. The SMILES string of the molecule is CCCCCN(CC)C(=O)c1ccccc1Br. The van der Waals surface area contributed by atoms with E-state index in [1.807, 2.05) is 36.1 Å². The van der Waals surface area contributed by atoms with E-state index in [2.05, 4.69) is 22.9 Å². The highest BCUT2D eigenvalue weighted by molar-refractivity contribution is 9.10. The summed E-state index contributed by atoms with van der Waals surface area (Å²) < 4.78 is 0.874. The summed E-state index contributed by atoms with van der Waals surface area (Å²) in [6.07, 6.45) is 3.45. The van der Waals surface area contributed by atoms with Crippen LogP contribution >= 0.6 is 15.9 Å². The average Bonchev–Trinajstić information content (AvgIpc) is 2.35. The van der Waals surface area contributed by atoms with Gasteiger partial charge in [0, 0.05) is 17.6 Å². The number of carbonyl (C=O) groups is 1. The maximum atomic E-state index is 12.3. The van der Waals surface area contributed by atoms with Crippen LogP contribution in [0.25, 0.3) is 0 Å². The maximum absolute atomic E-state index is 12.3. The third-order valence-electron chi connectivity index (χ3n) is 2.80. The monoisotopic (exact) mass is 297 g/mol. The summed E-state index contributed by atoms with van der Waals surface area (Å²) in [5.41, 5.74) is 0.755. The van der Waals surface area contributed by atoms with Crippen molar-refractivity contribution in [2.75, 3.05) is 13.1 Å². The molecule has 3 heteroatoms. The fraction of sp³-hybridized carbons (Fsp3) is 0.500. The molecule has 0 fully saturated rings. The summed E-state index contributed by atoms with van der Waals surface area (Å²) in [5.74, 6) is 0.121. The molecular formula is C14H20BrNO. The van der Waals surface area contributed by atoms with Gasteiger partial charge in [-0.2, -0.15) is 0 Å². The Hall–Kier alpha value is -0.830. The summed E-state index contributed by atoms with van der Waals surface area (Å²) in [6.45, 7) is 5.82. The molecule has 17 heavy (non-hydrogen) atoms. The van der Waals surface area contributed by atoms with Crippen LogP contribution in [0.5, 0.6) is 0 Å². The van der Waals surface area contributed by atoms with Gasteiger partial charge < -0.3 is 4.90 Å². The Labute approximate surface area is 112 Å². The van der Waals surface area contributed by atoms with Crippen LogP contribution < -0.4 is 0 Å². The first-order chi connectivity index (χ1) is 8.20. The standard InChI is InChI=1S/C14H20BrNO/c1-3-5-8-11-16(4-2)14(17)12-9-6-7-10-13(12)15/h6-7,9-10H,3-5,8,11H2,1-2H3. The van der Waals surface area contributed by atoms with Crippen LogP contribution in [0.1, 0.15) is 43.5 Å². The fourth-order valence-electron chi connectivity index (χ4n) is 1.76. The lowest BCUT2D eigenvalue weighted by molar-refractivity contribution is 0.0760. The van der Waals surface area contributed by atoms with Crippen molar-refractivity contribution in [3.05, 3.63) is 34.3 Å². The van der Waals surface area contributed by atoms with Crippen molar-refractivity contribution in [2.24, 2.45) is 0 Å². The first-order valence-corrected chi connectivity index (χ1v) is 7.03. The predicted octanol–water partition coefficient (Wildman–Crippen LogP) is 4.10. The number of halogens is 1. The van der Waals surface area contributed by atoms with Gasteiger partial charge in [0.05, 0.1) is 5.56 Å².